The summed E-state index contributed by atoms with van der Waals surface area (Å²) in [5.41, 5.74) is 0.975. The molecule has 1 aliphatic carbocycles. The topological polar surface area (TPSA) is 173 Å². The van der Waals surface area contributed by atoms with Crippen LogP contribution in [0.1, 0.15) is 77.2 Å². The molecule has 2 unspecified atom stereocenters. The van der Waals surface area contributed by atoms with Crippen LogP contribution in [0.25, 0.3) is 0 Å². The average molecular weight is 808 g/mol. The second-order valence-corrected chi connectivity index (χ2v) is 10.2. The molecule has 1 aromatic carbocycles. The normalized spacial score (nSPS) is 13.2. The Hall–Kier alpha value is -1.13. The summed E-state index contributed by atoms with van der Waals surface area (Å²) in [7, 11) is 9.34. The van der Waals surface area contributed by atoms with Crippen molar-refractivity contribution in [2.24, 2.45) is 11.8 Å². The van der Waals surface area contributed by atoms with Crippen LogP contribution in [0.2, 0.25) is 0 Å². The van der Waals surface area contributed by atoms with E-state index in [0.717, 1.165) is 31.4 Å². The number of hydrogen-bond donors (Lipinski definition) is 1. The number of aldehydes is 1. The monoisotopic (exact) mass is 805 g/mol. The van der Waals surface area contributed by atoms with Crippen LogP contribution in [0.3, 0.4) is 0 Å². The Bertz CT molecular complexity index is 1070. The third kappa shape index (κ3) is 37.9. The van der Waals surface area contributed by atoms with Gasteiger partial charge in [0.05, 0.1) is 19.8 Å². The number of benzene rings is 1. The molecule has 49 heavy (non-hydrogen) atoms. The number of aryl methyl sites for hydroxylation is 1. The Morgan fingerprint density at radius 3 is 1.88 bits per heavy atom. The van der Waals surface area contributed by atoms with Gasteiger partial charge < -0.3 is 36.8 Å². The predicted octanol–water partition coefficient (Wildman–Crippen LogP) is -3.75. The van der Waals surface area contributed by atoms with Gasteiger partial charge in [0.25, 0.3) is 0 Å². The average Bonchev–Trinajstić information content (AvgIpc) is 2.95. The SMILES string of the molecule is C/C=C/C=O.CCOC(=O)C1C(=O)C=CCC1C.CCOC(=O)CC(C)=O.CCOC(=O)c1c(C)cccc1O.CC[O-].[Cl-].[Cl][Cu][Cl].[Li+].[Na+]. The molecule has 1 aliphatic rings. The van der Waals surface area contributed by atoms with Gasteiger partial charge in [-0.05, 0) is 77.7 Å². The maximum Gasteiger partial charge on any atom is 1.00 e. The number of halogens is 3. The molecule has 275 valence electrons. The maximum atomic E-state index is 11.3. The number of rotatable bonds is 8. The first kappa shape index (κ1) is 63.0. The summed E-state index contributed by atoms with van der Waals surface area (Å²) in [5, 5.41) is 18.3. The summed E-state index contributed by atoms with van der Waals surface area (Å²) in [5.74, 6) is -2.13. The van der Waals surface area contributed by atoms with Crippen LogP contribution in [0.5, 0.6) is 5.75 Å². The number of allylic oxidation sites excluding steroid dienone is 4. The molecule has 0 amide bonds. The number of Topliss-reactive ketones (excluding diaryl/α,β-unsaturated/α-hetero) is 1. The zero-order valence-electron chi connectivity index (χ0n) is 30.0. The van der Waals surface area contributed by atoms with Gasteiger partial charge in [-0.25, -0.2) is 4.79 Å². The zero-order valence-corrected chi connectivity index (χ0v) is 35.2. The number of ketones is 2. The van der Waals surface area contributed by atoms with E-state index in [-0.39, 0.29) is 109 Å². The number of carbonyl (C=O) groups is 6. The van der Waals surface area contributed by atoms with Crippen molar-refractivity contribution in [3.63, 3.8) is 0 Å². The molecule has 0 spiro atoms. The molecule has 1 aromatic rings. The minimum Gasteiger partial charge on any atom is 1.00 e. The zero-order chi connectivity index (χ0) is 36.5. The Balaban J connectivity index is -0.0000000924. The molecule has 1 N–H and O–H groups in total. The van der Waals surface area contributed by atoms with Gasteiger partial charge in [0, 0.05) is 0 Å². The summed E-state index contributed by atoms with van der Waals surface area (Å²) in [6.45, 7) is 14.5. The van der Waals surface area contributed by atoms with Crippen molar-refractivity contribution in [2.45, 2.75) is 68.2 Å². The molecule has 2 atom stereocenters. The van der Waals surface area contributed by atoms with Crippen molar-refractivity contribution < 1.29 is 127 Å². The van der Waals surface area contributed by atoms with Crippen LogP contribution >= 0.6 is 20.2 Å². The van der Waals surface area contributed by atoms with Crippen molar-refractivity contribution in [1.82, 2.24) is 0 Å². The molecule has 0 saturated carbocycles. The van der Waals surface area contributed by atoms with E-state index in [4.69, 9.17) is 14.6 Å². The van der Waals surface area contributed by atoms with E-state index in [2.05, 4.69) is 24.9 Å². The van der Waals surface area contributed by atoms with Crippen LogP contribution in [0.15, 0.2) is 42.5 Å². The Morgan fingerprint density at radius 1 is 1.04 bits per heavy atom. The summed E-state index contributed by atoms with van der Waals surface area (Å²) < 4.78 is 14.1. The summed E-state index contributed by atoms with van der Waals surface area (Å²) in [6.07, 6.45) is 7.83. The van der Waals surface area contributed by atoms with E-state index < -0.39 is 17.9 Å². The first-order valence-corrected chi connectivity index (χ1v) is 16.8. The number of aromatic hydroxyl groups is 1. The van der Waals surface area contributed by atoms with Crippen molar-refractivity contribution in [3.8, 4) is 5.75 Å². The number of esters is 3. The molecule has 2 rings (SSSR count). The number of hydrogen-bond acceptors (Lipinski definition) is 11. The van der Waals surface area contributed by atoms with Gasteiger partial charge in [0.1, 0.15) is 35.7 Å². The van der Waals surface area contributed by atoms with Gasteiger partial charge in [0.15, 0.2) is 5.78 Å². The molecule has 0 aliphatic heterocycles. The van der Waals surface area contributed by atoms with Gasteiger partial charge >= 0.3 is 99.7 Å². The van der Waals surface area contributed by atoms with Gasteiger partial charge in [-0.1, -0.05) is 38.1 Å². The second kappa shape index (κ2) is 44.9. The fraction of sp³-hybridized carbons (Fsp3) is 0.500. The Morgan fingerprint density at radius 2 is 1.53 bits per heavy atom. The fourth-order valence-corrected chi connectivity index (χ4v) is 3.11. The van der Waals surface area contributed by atoms with Gasteiger partial charge in [-0.3, -0.25) is 24.0 Å². The van der Waals surface area contributed by atoms with Crippen LogP contribution < -0.4 is 65.9 Å². The first-order chi connectivity index (χ1) is 21.7. The summed E-state index contributed by atoms with van der Waals surface area (Å²) in [6, 6.07) is 4.92. The molecule has 0 heterocycles. The van der Waals surface area contributed by atoms with E-state index in [1.54, 1.807) is 59.8 Å². The fourth-order valence-electron chi connectivity index (χ4n) is 3.11. The number of ether oxygens (including phenoxy) is 3. The van der Waals surface area contributed by atoms with Crippen molar-refractivity contribution in [2.75, 3.05) is 26.4 Å². The molecule has 17 heteroatoms. The maximum absolute atomic E-state index is 11.3. The Kier molecular flexibility index (Phi) is 57.7. The van der Waals surface area contributed by atoms with Crippen LogP contribution in [0.4, 0.5) is 0 Å². The van der Waals surface area contributed by atoms with E-state index in [1.165, 1.54) is 25.1 Å². The molecule has 0 saturated heterocycles. The van der Waals surface area contributed by atoms with Crippen molar-refractivity contribution >= 4 is 56.0 Å². The van der Waals surface area contributed by atoms with E-state index in [9.17, 15) is 33.9 Å². The largest absolute Gasteiger partial charge is 1.00 e. The first-order valence-electron chi connectivity index (χ1n) is 14.2. The van der Waals surface area contributed by atoms with E-state index >= 15 is 0 Å². The van der Waals surface area contributed by atoms with Gasteiger partial charge in [-0.15, -0.1) is 6.61 Å². The molecule has 0 radical (unpaired) electrons. The van der Waals surface area contributed by atoms with Crippen molar-refractivity contribution in [3.05, 3.63) is 53.6 Å². The Labute approximate surface area is 346 Å². The second-order valence-electron chi connectivity index (χ2n) is 8.61. The molecule has 0 aromatic heterocycles. The predicted molar refractivity (Wildman–Crippen MR) is 172 cm³/mol. The third-order valence-electron chi connectivity index (χ3n) is 4.91. The molecular weight excluding hydrogens is 760 g/mol. The van der Waals surface area contributed by atoms with Crippen LogP contribution in [-0.2, 0) is 51.3 Å². The molecule has 0 fully saturated rings. The number of carbonyl (C=O) groups excluding carboxylic acids is 6. The van der Waals surface area contributed by atoms with Crippen LogP contribution in [-0.4, -0.2) is 67.3 Å². The molecular formula is C32H47Cl3CuLiNaO11. The van der Waals surface area contributed by atoms with Crippen molar-refractivity contribution in [1.29, 1.82) is 0 Å². The van der Waals surface area contributed by atoms with Crippen LogP contribution in [0, 0.1) is 18.8 Å². The minimum absolute atomic E-state index is 0. The van der Waals surface area contributed by atoms with Gasteiger partial charge in [0.2, 0.25) is 0 Å². The van der Waals surface area contributed by atoms with Gasteiger partial charge in [-0.2, -0.15) is 0 Å². The summed E-state index contributed by atoms with van der Waals surface area (Å²) >= 11 is 0.757. The molecule has 0 bridgehead atoms. The minimum atomic E-state index is -0.579. The molecule has 11 nitrogen and oxygen atoms in total. The third-order valence-corrected chi connectivity index (χ3v) is 4.91. The quantitative estimate of drug-likeness (QED) is 0.0684. The summed E-state index contributed by atoms with van der Waals surface area (Å²) in [4.78, 5) is 63.9. The van der Waals surface area contributed by atoms with E-state index in [0.29, 0.717) is 19.8 Å². The number of phenols is 1. The standard InChI is InChI=1S/C10H14O3.C10H12O3.C6H10O3.C4H6O.C2H5O.3ClH.Cu.Li.Na/c2*1-3-13-10(12)9-7(2)5-4-6-8(9)11;1-3-9-6(8)4-5(2)7;1-2-3-4-5;1-2-3;;;;;;/h4,6-7,9H,3,5H2,1-2H3;4-6,11H,3H2,1-2H3;3-4H2,1-2H3;2-4H,1H3;2H2,1H3;3*1H;;;/q;;;;-1;;;;+2;2*+1/p-3/b;;;3-2+;;;;;;;. The number of phenolic OH excluding ortho intramolecular Hbond substituents is 1. The smallest absolute Gasteiger partial charge is 1.00 e. The van der Waals surface area contributed by atoms with E-state index in [1.807, 2.05) is 13.0 Å².